The van der Waals surface area contributed by atoms with Crippen molar-refractivity contribution in [3.8, 4) is 0 Å². The fourth-order valence-corrected chi connectivity index (χ4v) is 1.44. The van der Waals surface area contributed by atoms with Crippen molar-refractivity contribution in [2.45, 2.75) is 6.92 Å². The van der Waals surface area contributed by atoms with E-state index in [2.05, 4.69) is 19.7 Å². The average Bonchev–Trinajstić information content (AvgIpc) is 2.87. The lowest BCUT2D eigenvalue weighted by molar-refractivity contribution is -0.119. The predicted octanol–water partition coefficient (Wildman–Crippen LogP) is 2.06. The first-order chi connectivity index (χ1) is 9.95. The maximum Gasteiger partial charge on any atom is 0.377 e. The maximum absolute atomic E-state index is 13.3. The number of nitrogens with one attached hydrogen (secondary N) is 1. The number of ether oxygens (including phenoxy) is 1. The minimum absolute atomic E-state index is 0.155. The van der Waals surface area contributed by atoms with Crippen LogP contribution in [0.15, 0.2) is 28.8 Å². The molecule has 0 aliphatic carbocycles. The van der Waals surface area contributed by atoms with E-state index < -0.39 is 30.1 Å². The van der Waals surface area contributed by atoms with Gasteiger partial charge in [-0.3, -0.25) is 4.79 Å². The van der Waals surface area contributed by atoms with Crippen LogP contribution < -0.4 is 5.32 Å². The highest BCUT2D eigenvalue weighted by Crippen LogP contribution is 2.15. The molecule has 2 rings (SSSR count). The number of rotatable bonds is 4. The van der Waals surface area contributed by atoms with E-state index in [4.69, 9.17) is 0 Å². The monoisotopic (exact) mass is 296 g/mol. The number of anilines is 1. The molecule has 0 fully saturated rings. The minimum atomic E-state index is -0.884. The van der Waals surface area contributed by atoms with E-state index in [0.717, 1.165) is 18.2 Å². The Balaban J connectivity index is 1.90. The number of amides is 1. The van der Waals surface area contributed by atoms with Crippen LogP contribution in [0, 0.1) is 18.6 Å². The highest BCUT2D eigenvalue weighted by molar-refractivity contribution is 5.94. The molecule has 1 aromatic carbocycles. The van der Waals surface area contributed by atoms with E-state index in [1.165, 1.54) is 6.07 Å². The molecule has 0 saturated heterocycles. The number of benzene rings is 1. The van der Waals surface area contributed by atoms with Crippen LogP contribution in [-0.2, 0) is 9.53 Å². The number of nitrogens with zero attached hydrogens (tertiary/aromatic N) is 1. The van der Waals surface area contributed by atoms with Gasteiger partial charge in [-0.05, 0) is 19.1 Å². The standard InChI is InChI=1S/C13H10F2N2O4/c1-7-4-11(21-17-7)13(19)20-6-12(18)16-10-5-8(14)2-3-9(10)15/h2-5H,6H2,1H3,(H,16,18). The fraction of sp³-hybridized carbons (Fsp3) is 0.154. The number of aromatic nitrogens is 1. The first kappa shape index (κ1) is 14.6. The summed E-state index contributed by atoms with van der Waals surface area (Å²) in [6, 6.07) is 3.94. The third-order valence-electron chi connectivity index (χ3n) is 2.37. The highest BCUT2D eigenvalue weighted by atomic mass is 19.1. The maximum atomic E-state index is 13.3. The molecule has 8 heteroatoms. The number of aryl methyl sites for hydroxylation is 1. The van der Waals surface area contributed by atoms with E-state index in [-0.39, 0.29) is 11.4 Å². The van der Waals surface area contributed by atoms with Crippen molar-refractivity contribution in [2.24, 2.45) is 0 Å². The van der Waals surface area contributed by atoms with Gasteiger partial charge in [0.05, 0.1) is 11.4 Å². The van der Waals surface area contributed by atoms with Crippen molar-refractivity contribution >= 4 is 17.6 Å². The van der Waals surface area contributed by atoms with Gasteiger partial charge in [0.1, 0.15) is 11.6 Å². The molecule has 0 aliphatic rings. The first-order valence-corrected chi connectivity index (χ1v) is 5.81. The molecule has 1 amide bonds. The molecule has 0 radical (unpaired) electrons. The highest BCUT2D eigenvalue weighted by Gasteiger charge is 2.15. The van der Waals surface area contributed by atoms with E-state index in [9.17, 15) is 18.4 Å². The van der Waals surface area contributed by atoms with Gasteiger partial charge < -0.3 is 14.6 Å². The van der Waals surface area contributed by atoms with E-state index in [1.807, 2.05) is 0 Å². The summed E-state index contributed by atoms with van der Waals surface area (Å²) in [6.45, 7) is 0.939. The molecule has 0 saturated carbocycles. The molecule has 2 aromatic rings. The van der Waals surface area contributed by atoms with E-state index in [0.29, 0.717) is 5.69 Å². The summed E-state index contributed by atoms with van der Waals surface area (Å²) >= 11 is 0. The van der Waals surface area contributed by atoms with Crippen LogP contribution in [0.3, 0.4) is 0 Å². The van der Waals surface area contributed by atoms with Crippen molar-refractivity contribution < 1.29 is 27.6 Å². The summed E-state index contributed by atoms with van der Waals surface area (Å²) in [4.78, 5) is 23.0. The van der Waals surface area contributed by atoms with Gasteiger partial charge in [0.2, 0.25) is 5.76 Å². The lowest BCUT2D eigenvalue weighted by Gasteiger charge is -2.06. The Morgan fingerprint density at radius 2 is 2.10 bits per heavy atom. The second-order valence-corrected chi connectivity index (χ2v) is 4.08. The summed E-state index contributed by atoms with van der Waals surface area (Å²) in [5.74, 6) is -3.37. The number of carbonyl (C=O) groups is 2. The predicted molar refractivity (Wildman–Crippen MR) is 66.5 cm³/mol. The summed E-state index contributed by atoms with van der Waals surface area (Å²) < 4.78 is 35.5. The normalized spacial score (nSPS) is 10.2. The Hall–Kier alpha value is -2.77. The van der Waals surface area contributed by atoms with Crippen LogP contribution >= 0.6 is 0 Å². The largest absolute Gasteiger partial charge is 0.450 e. The van der Waals surface area contributed by atoms with Gasteiger partial charge in [-0.15, -0.1) is 0 Å². The molecule has 110 valence electrons. The molecule has 1 aromatic heterocycles. The first-order valence-electron chi connectivity index (χ1n) is 5.81. The van der Waals surface area contributed by atoms with E-state index >= 15 is 0 Å². The molecule has 21 heavy (non-hydrogen) atoms. The van der Waals surface area contributed by atoms with Crippen molar-refractivity contribution in [1.29, 1.82) is 0 Å². The van der Waals surface area contributed by atoms with E-state index in [1.54, 1.807) is 6.92 Å². The van der Waals surface area contributed by atoms with Gasteiger partial charge in [-0.1, -0.05) is 5.16 Å². The summed E-state index contributed by atoms with van der Waals surface area (Å²) in [7, 11) is 0. The number of esters is 1. The van der Waals surface area contributed by atoms with Gasteiger partial charge in [-0.2, -0.15) is 0 Å². The lowest BCUT2D eigenvalue weighted by atomic mass is 10.3. The van der Waals surface area contributed by atoms with Crippen LogP contribution in [0.25, 0.3) is 0 Å². The van der Waals surface area contributed by atoms with Gasteiger partial charge >= 0.3 is 5.97 Å². The van der Waals surface area contributed by atoms with Gasteiger partial charge in [0.15, 0.2) is 6.61 Å². The smallest absolute Gasteiger partial charge is 0.377 e. The second-order valence-electron chi connectivity index (χ2n) is 4.08. The van der Waals surface area contributed by atoms with Gasteiger partial charge in [0, 0.05) is 12.1 Å². The molecule has 6 nitrogen and oxygen atoms in total. The van der Waals surface area contributed by atoms with Crippen molar-refractivity contribution in [1.82, 2.24) is 5.16 Å². The molecule has 0 atom stereocenters. The zero-order valence-electron chi connectivity index (χ0n) is 10.9. The number of hydrogen-bond acceptors (Lipinski definition) is 5. The zero-order chi connectivity index (χ0) is 15.4. The molecule has 0 unspecified atom stereocenters. The third-order valence-corrected chi connectivity index (χ3v) is 2.37. The Morgan fingerprint density at radius 1 is 1.33 bits per heavy atom. The van der Waals surface area contributed by atoms with Crippen LogP contribution in [0.5, 0.6) is 0 Å². The molecule has 1 N–H and O–H groups in total. The molecule has 1 heterocycles. The van der Waals surface area contributed by atoms with Crippen LogP contribution in [-0.4, -0.2) is 23.6 Å². The summed E-state index contributed by atoms with van der Waals surface area (Å²) in [6.07, 6.45) is 0. The number of carbonyl (C=O) groups excluding carboxylic acids is 2. The molecule has 0 spiro atoms. The van der Waals surface area contributed by atoms with Gasteiger partial charge in [-0.25, -0.2) is 13.6 Å². The number of halogens is 2. The molecular weight excluding hydrogens is 286 g/mol. The SMILES string of the molecule is Cc1cc(C(=O)OCC(=O)Nc2cc(F)ccc2F)on1. The molecule has 0 bridgehead atoms. The van der Waals surface area contributed by atoms with Crippen LogP contribution in [0.1, 0.15) is 16.2 Å². The van der Waals surface area contributed by atoms with Crippen molar-refractivity contribution in [2.75, 3.05) is 11.9 Å². The van der Waals surface area contributed by atoms with Crippen molar-refractivity contribution in [3.05, 3.63) is 47.4 Å². The lowest BCUT2D eigenvalue weighted by Crippen LogP contribution is -2.21. The quantitative estimate of drug-likeness (QED) is 0.873. The Bertz CT molecular complexity index is 685. The Labute approximate surface area is 117 Å². The fourth-order valence-electron chi connectivity index (χ4n) is 1.44. The van der Waals surface area contributed by atoms with Gasteiger partial charge in [0.25, 0.3) is 5.91 Å². The molecular formula is C13H10F2N2O4. The molecule has 0 aliphatic heterocycles. The average molecular weight is 296 g/mol. The minimum Gasteiger partial charge on any atom is -0.450 e. The summed E-state index contributed by atoms with van der Waals surface area (Å²) in [5, 5.41) is 5.57. The zero-order valence-corrected chi connectivity index (χ0v) is 10.9. The van der Waals surface area contributed by atoms with Crippen LogP contribution in [0.4, 0.5) is 14.5 Å². The Kier molecular flexibility index (Phi) is 4.27. The van der Waals surface area contributed by atoms with Crippen molar-refractivity contribution in [3.63, 3.8) is 0 Å². The third kappa shape index (κ3) is 3.85. The van der Waals surface area contributed by atoms with Crippen LogP contribution in [0.2, 0.25) is 0 Å². The second kappa shape index (κ2) is 6.12. The topological polar surface area (TPSA) is 81.4 Å². The number of hydrogen-bond donors (Lipinski definition) is 1. The Morgan fingerprint density at radius 3 is 2.76 bits per heavy atom. The summed E-state index contributed by atoms with van der Waals surface area (Å²) in [5.41, 5.74) is 0.139.